The van der Waals surface area contributed by atoms with E-state index in [1.165, 1.54) is 7.05 Å². The van der Waals surface area contributed by atoms with Gasteiger partial charge >= 0.3 is 0 Å². The van der Waals surface area contributed by atoms with Gasteiger partial charge in [0, 0.05) is 12.7 Å². The third kappa shape index (κ3) is 3.72. The number of aromatic nitrogens is 1. The summed E-state index contributed by atoms with van der Waals surface area (Å²) < 4.78 is 24.4. The molecule has 1 rings (SSSR count). The van der Waals surface area contributed by atoms with Gasteiger partial charge in [-0.1, -0.05) is 0 Å². The third-order valence-corrected chi connectivity index (χ3v) is 3.20. The first kappa shape index (κ1) is 11.7. The van der Waals surface area contributed by atoms with E-state index in [0.717, 1.165) is 0 Å². The molecule has 0 spiro atoms. The predicted molar refractivity (Wildman–Crippen MR) is 60.0 cm³/mol. The number of sulfonamides is 1. The minimum absolute atomic E-state index is 0.00215. The molecule has 15 heavy (non-hydrogen) atoms. The maximum atomic E-state index is 11.1. The van der Waals surface area contributed by atoms with E-state index < -0.39 is 10.0 Å². The number of rotatable bonds is 5. The SMILES string of the molecule is CNS(=O)(=O)CCNc1cccnc1N. The molecule has 0 fully saturated rings. The first-order valence-corrected chi connectivity index (χ1v) is 6.06. The van der Waals surface area contributed by atoms with Gasteiger partial charge in [0.1, 0.15) is 5.82 Å². The molecule has 1 aromatic rings. The molecule has 0 aliphatic heterocycles. The Morgan fingerprint density at radius 2 is 2.27 bits per heavy atom. The summed E-state index contributed by atoms with van der Waals surface area (Å²) in [5.41, 5.74) is 6.21. The van der Waals surface area contributed by atoms with Crippen molar-refractivity contribution in [3.05, 3.63) is 18.3 Å². The Balaban J connectivity index is 2.49. The van der Waals surface area contributed by atoms with Crippen LogP contribution in [0.25, 0.3) is 0 Å². The van der Waals surface area contributed by atoms with E-state index in [9.17, 15) is 8.42 Å². The molecule has 0 amide bonds. The van der Waals surface area contributed by atoms with Crippen molar-refractivity contribution in [2.45, 2.75) is 0 Å². The molecule has 4 N–H and O–H groups in total. The highest BCUT2D eigenvalue weighted by atomic mass is 32.2. The number of hydrogen-bond donors (Lipinski definition) is 3. The summed E-state index contributed by atoms with van der Waals surface area (Å²) >= 11 is 0. The molecule has 84 valence electrons. The molecule has 0 aliphatic carbocycles. The Bertz CT molecular complexity index is 418. The Labute approximate surface area is 88.9 Å². The molecular formula is C8H14N4O2S. The molecular weight excluding hydrogens is 216 g/mol. The fourth-order valence-corrected chi connectivity index (χ4v) is 1.56. The molecule has 0 bridgehead atoms. The smallest absolute Gasteiger partial charge is 0.213 e. The van der Waals surface area contributed by atoms with Crippen LogP contribution in [0.1, 0.15) is 0 Å². The van der Waals surface area contributed by atoms with Crippen molar-refractivity contribution in [1.82, 2.24) is 9.71 Å². The van der Waals surface area contributed by atoms with Crippen molar-refractivity contribution in [2.75, 3.05) is 30.4 Å². The average Bonchev–Trinajstić information content (AvgIpc) is 2.21. The van der Waals surface area contributed by atoms with Crippen molar-refractivity contribution in [3.63, 3.8) is 0 Å². The molecule has 0 saturated carbocycles. The molecule has 0 saturated heterocycles. The lowest BCUT2D eigenvalue weighted by Gasteiger charge is -2.07. The van der Waals surface area contributed by atoms with Crippen LogP contribution in [-0.4, -0.2) is 32.7 Å². The highest BCUT2D eigenvalue weighted by molar-refractivity contribution is 7.89. The molecule has 0 atom stereocenters. The largest absolute Gasteiger partial charge is 0.382 e. The van der Waals surface area contributed by atoms with Gasteiger partial charge in [-0.15, -0.1) is 0 Å². The molecule has 0 aliphatic rings. The quantitative estimate of drug-likeness (QED) is 0.641. The Kier molecular flexibility index (Phi) is 3.87. The van der Waals surface area contributed by atoms with Crippen LogP contribution >= 0.6 is 0 Å². The van der Waals surface area contributed by atoms with E-state index in [1.54, 1.807) is 18.3 Å². The summed E-state index contributed by atoms with van der Waals surface area (Å²) in [5, 5.41) is 2.90. The molecule has 7 heteroatoms. The topological polar surface area (TPSA) is 97.1 Å². The van der Waals surface area contributed by atoms with E-state index in [4.69, 9.17) is 5.73 Å². The zero-order valence-corrected chi connectivity index (χ0v) is 9.21. The molecule has 1 aromatic heterocycles. The zero-order valence-electron chi connectivity index (χ0n) is 8.40. The van der Waals surface area contributed by atoms with Gasteiger partial charge in [-0.2, -0.15) is 0 Å². The summed E-state index contributed by atoms with van der Waals surface area (Å²) in [6, 6.07) is 3.47. The van der Waals surface area contributed by atoms with Crippen LogP contribution in [0.2, 0.25) is 0 Å². The lowest BCUT2D eigenvalue weighted by Crippen LogP contribution is -2.26. The maximum Gasteiger partial charge on any atom is 0.213 e. The van der Waals surface area contributed by atoms with Gasteiger partial charge in [0.15, 0.2) is 0 Å². The van der Waals surface area contributed by atoms with E-state index >= 15 is 0 Å². The van der Waals surface area contributed by atoms with E-state index in [-0.39, 0.29) is 5.75 Å². The monoisotopic (exact) mass is 230 g/mol. The minimum atomic E-state index is -3.18. The number of nitrogens with two attached hydrogens (primary N) is 1. The first-order valence-electron chi connectivity index (χ1n) is 4.41. The molecule has 6 nitrogen and oxygen atoms in total. The lowest BCUT2D eigenvalue weighted by atomic mass is 10.4. The van der Waals surface area contributed by atoms with Gasteiger partial charge in [0.25, 0.3) is 0 Å². The Hall–Kier alpha value is -1.34. The van der Waals surface area contributed by atoms with Gasteiger partial charge in [0.05, 0.1) is 11.4 Å². The molecule has 0 unspecified atom stereocenters. The van der Waals surface area contributed by atoms with Crippen LogP contribution < -0.4 is 15.8 Å². The minimum Gasteiger partial charge on any atom is -0.382 e. The fraction of sp³-hybridized carbons (Fsp3) is 0.375. The number of hydrogen-bond acceptors (Lipinski definition) is 5. The van der Waals surface area contributed by atoms with Crippen LogP contribution in [0.3, 0.4) is 0 Å². The first-order chi connectivity index (χ1) is 7.05. The number of pyridine rings is 1. The zero-order chi connectivity index (χ0) is 11.3. The van der Waals surface area contributed by atoms with Crippen LogP contribution in [0, 0.1) is 0 Å². The number of anilines is 2. The van der Waals surface area contributed by atoms with Crippen molar-refractivity contribution in [2.24, 2.45) is 0 Å². The van der Waals surface area contributed by atoms with Crippen molar-refractivity contribution in [3.8, 4) is 0 Å². The van der Waals surface area contributed by atoms with E-state index in [1.807, 2.05) is 0 Å². The predicted octanol–water partition coefficient (Wildman–Crippen LogP) is -0.375. The van der Waals surface area contributed by atoms with Crippen LogP contribution in [0.4, 0.5) is 11.5 Å². The second kappa shape index (κ2) is 4.94. The highest BCUT2D eigenvalue weighted by Crippen LogP contribution is 2.12. The fourth-order valence-electron chi connectivity index (χ4n) is 0.989. The van der Waals surface area contributed by atoms with Gasteiger partial charge in [-0.25, -0.2) is 18.1 Å². The summed E-state index contributed by atoms with van der Waals surface area (Å²) in [4.78, 5) is 3.86. The summed E-state index contributed by atoms with van der Waals surface area (Å²) in [6.45, 7) is 0.291. The van der Waals surface area contributed by atoms with Crippen LogP contribution in [0.15, 0.2) is 18.3 Å². The van der Waals surface area contributed by atoms with Gasteiger partial charge < -0.3 is 11.1 Å². The number of nitrogen functional groups attached to an aromatic ring is 1. The average molecular weight is 230 g/mol. The van der Waals surface area contributed by atoms with Crippen molar-refractivity contribution < 1.29 is 8.42 Å². The molecule has 0 aromatic carbocycles. The number of nitrogens with zero attached hydrogens (tertiary/aromatic N) is 1. The number of nitrogens with one attached hydrogen (secondary N) is 2. The Morgan fingerprint density at radius 1 is 1.53 bits per heavy atom. The van der Waals surface area contributed by atoms with Crippen LogP contribution in [-0.2, 0) is 10.0 Å². The van der Waals surface area contributed by atoms with E-state index in [0.29, 0.717) is 18.1 Å². The second-order valence-corrected chi connectivity index (χ2v) is 4.93. The third-order valence-electron chi connectivity index (χ3n) is 1.84. The molecule has 0 radical (unpaired) electrons. The summed E-state index contributed by atoms with van der Waals surface area (Å²) in [7, 11) is -1.79. The van der Waals surface area contributed by atoms with E-state index in [2.05, 4.69) is 15.0 Å². The van der Waals surface area contributed by atoms with Crippen molar-refractivity contribution in [1.29, 1.82) is 0 Å². The lowest BCUT2D eigenvalue weighted by molar-refractivity contribution is 0.588. The summed E-state index contributed by atoms with van der Waals surface area (Å²) in [6.07, 6.45) is 1.57. The second-order valence-electron chi connectivity index (χ2n) is 2.89. The van der Waals surface area contributed by atoms with Crippen LogP contribution in [0.5, 0.6) is 0 Å². The Morgan fingerprint density at radius 3 is 2.87 bits per heavy atom. The van der Waals surface area contributed by atoms with Gasteiger partial charge in [-0.3, -0.25) is 0 Å². The van der Waals surface area contributed by atoms with Gasteiger partial charge in [0.2, 0.25) is 10.0 Å². The van der Waals surface area contributed by atoms with Gasteiger partial charge in [-0.05, 0) is 19.2 Å². The van der Waals surface area contributed by atoms with Crippen molar-refractivity contribution >= 4 is 21.5 Å². The standard InChI is InChI=1S/C8H14N4O2S/c1-10-15(13,14)6-5-11-7-3-2-4-12-8(7)9/h2-4,10-11H,5-6H2,1H3,(H2,9,12). The highest BCUT2D eigenvalue weighted by Gasteiger charge is 2.06. The molecule has 1 heterocycles. The summed E-state index contributed by atoms with van der Waals surface area (Å²) in [5.74, 6) is 0.358. The normalized spacial score (nSPS) is 11.3. The maximum absolute atomic E-state index is 11.1.